The molecule has 1 aliphatic rings. The number of nitrogens with zero attached hydrogens (tertiary/aromatic N) is 1. The van der Waals surface area contributed by atoms with Crippen molar-refractivity contribution in [2.45, 2.75) is 12.1 Å². The maximum Gasteiger partial charge on any atom is 0.396 e. The molecule has 0 saturated heterocycles. The second-order valence-electron chi connectivity index (χ2n) is 3.53. The number of hydrogen-bond acceptors (Lipinski definition) is 6. The van der Waals surface area contributed by atoms with Gasteiger partial charge in [-0.1, -0.05) is 0 Å². The Bertz CT molecular complexity index is 377. The number of anilines is 1. The van der Waals surface area contributed by atoms with E-state index in [1.165, 1.54) is 20.9 Å². The average Bonchev–Trinajstić information content (AvgIpc) is 2.28. The van der Waals surface area contributed by atoms with Crippen LogP contribution in [0.25, 0.3) is 0 Å². The Morgan fingerprint density at radius 1 is 1.75 bits per heavy atom. The number of nitrogen functional groups attached to an aromatic ring is 1. The smallest absolute Gasteiger partial charge is 0.396 e. The van der Waals surface area contributed by atoms with Gasteiger partial charge in [-0.25, -0.2) is 0 Å². The highest BCUT2D eigenvalue weighted by Crippen LogP contribution is 2.31. The number of pyridine rings is 1. The summed E-state index contributed by atoms with van der Waals surface area (Å²) >= 11 is 0. The highest BCUT2D eigenvalue weighted by molar-refractivity contribution is 6.23. The zero-order valence-electron chi connectivity index (χ0n) is 8.88. The summed E-state index contributed by atoms with van der Waals surface area (Å²) in [5.41, 5.74) is 6.58. The molecule has 0 aromatic carbocycles. The van der Waals surface area contributed by atoms with Crippen molar-refractivity contribution < 1.29 is 14.5 Å². The summed E-state index contributed by atoms with van der Waals surface area (Å²) in [5.74, 6) is 0.531. The molecule has 2 atom stereocenters. The van der Waals surface area contributed by atoms with E-state index in [1.807, 2.05) is 0 Å². The van der Waals surface area contributed by atoms with Crippen molar-refractivity contribution >= 4 is 13.3 Å². The largest absolute Gasteiger partial charge is 0.490 e. The van der Waals surface area contributed by atoms with Gasteiger partial charge in [0.15, 0.2) is 0 Å². The number of nitrogens with one attached hydrogen (secondary N) is 1. The van der Waals surface area contributed by atoms with Crippen molar-refractivity contribution in [3.63, 3.8) is 0 Å². The number of fused-ring (bicyclic) bond motifs is 1. The molecule has 0 saturated carbocycles. The van der Waals surface area contributed by atoms with Gasteiger partial charge in [-0.3, -0.25) is 4.98 Å². The molecule has 7 heteroatoms. The number of rotatable bonds is 3. The first-order chi connectivity index (χ1) is 7.72. The second kappa shape index (κ2) is 4.69. The van der Waals surface area contributed by atoms with Crippen molar-refractivity contribution in [3.05, 3.63) is 18.0 Å². The van der Waals surface area contributed by atoms with Crippen molar-refractivity contribution in [2.75, 3.05) is 19.5 Å². The summed E-state index contributed by atoms with van der Waals surface area (Å²) in [7, 11) is 2.93. The number of ether oxygens (including phenoxy) is 1. The van der Waals surface area contributed by atoms with E-state index >= 15 is 0 Å². The van der Waals surface area contributed by atoms with E-state index in [-0.39, 0.29) is 6.04 Å². The predicted molar refractivity (Wildman–Crippen MR) is 58.8 cm³/mol. The molecule has 1 aromatic rings. The average molecular weight is 222 g/mol. The summed E-state index contributed by atoms with van der Waals surface area (Å²) in [6, 6.07) is 1.38. The summed E-state index contributed by atoms with van der Waals surface area (Å²) in [4.78, 5) is 4.06. The highest BCUT2D eigenvalue weighted by atomic mass is 16.5. The first-order valence-corrected chi connectivity index (χ1v) is 4.89. The Labute approximate surface area is 94.1 Å². The first kappa shape index (κ1) is 11.2. The topological polar surface area (TPSA) is 89.6 Å². The zero-order valence-corrected chi connectivity index (χ0v) is 8.88. The maximum absolute atomic E-state index is 10.0. The summed E-state index contributed by atoms with van der Waals surface area (Å²) in [6.45, 7) is 0.332. The fraction of sp³-hybridized carbons (Fsp3) is 0.444. The standard InChI is InChI=1S/C9H13BN3O3/c1-15-10-13-6-4-16-7-2-5(11)3-12-8(7)9(6)14/h2-3,6,9,13-14H,4,11H2,1H3/t6-,9+/m0/s1. The van der Waals surface area contributed by atoms with Crippen LogP contribution in [0.1, 0.15) is 11.8 Å². The van der Waals surface area contributed by atoms with Crippen LogP contribution in [0.3, 0.4) is 0 Å². The Kier molecular flexibility index (Phi) is 3.28. The Morgan fingerprint density at radius 2 is 2.56 bits per heavy atom. The van der Waals surface area contributed by atoms with Crippen LogP contribution in [0.15, 0.2) is 12.3 Å². The van der Waals surface area contributed by atoms with Crippen molar-refractivity contribution in [2.24, 2.45) is 0 Å². The molecule has 85 valence electrons. The molecule has 0 aliphatic carbocycles. The first-order valence-electron chi connectivity index (χ1n) is 4.89. The summed E-state index contributed by atoms with van der Waals surface area (Å²) in [5, 5.41) is 12.9. The van der Waals surface area contributed by atoms with Gasteiger partial charge in [-0.05, 0) is 0 Å². The van der Waals surface area contributed by atoms with E-state index < -0.39 is 6.10 Å². The van der Waals surface area contributed by atoms with Crippen LogP contribution in [0, 0.1) is 0 Å². The van der Waals surface area contributed by atoms with Gasteiger partial charge < -0.3 is 25.5 Å². The third-order valence-electron chi connectivity index (χ3n) is 2.38. The van der Waals surface area contributed by atoms with E-state index in [2.05, 4.69) is 10.2 Å². The number of aliphatic hydroxyl groups excluding tert-OH is 1. The molecule has 1 aromatic heterocycles. The molecule has 0 spiro atoms. The Morgan fingerprint density at radius 3 is 3.31 bits per heavy atom. The predicted octanol–water partition coefficient (Wildman–Crippen LogP) is -0.772. The van der Waals surface area contributed by atoms with Crippen molar-refractivity contribution in [3.8, 4) is 5.75 Å². The quantitative estimate of drug-likeness (QED) is 0.582. The van der Waals surface area contributed by atoms with E-state index in [0.717, 1.165) is 0 Å². The molecular formula is C9H13BN3O3. The van der Waals surface area contributed by atoms with Gasteiger partial charge in [-0.15, -0.1) is 0 Å². The van der Waals surface area contributed by atoms with Crippen molar-refractivity contribution in [1.82, 2.24) is 10.2 Å². The summed E-state index contributed by atoms with van der Waals surface area (Å²) < 4.78 is 10.2. The van der Waals surface area contributed by atoms with Crippen LogP contribution in [-0.2, 0) is 4.65 Å². The highest BCUT2D eigenvalue weighted by Gasteiger charge is 2.30. The second-order valence-corrected chi connectivity index (χ2v) is 3.53. The molecule has 0 bridgehead atoms. The van der Waals surface area contributed by atoms with E-state index in [0.29, 0.717) is 23.7 Å². The summed E-state index contributed by atoms with van der Waals surface area (Å²) in [6.07, 6.45) is 0.754. The number of aromatic nitrogens is 1. The number of hydrogen-bond donors (Lipinski definition) is 3. The minimum atomic E-state index is -0.740. The zero-order chi connectivity index (χ0) is 11.5. The molecule has 6 nitrogen and oxygen atoms in total. The molecule has 16 heavy (non-hydrogen) atoms. The van der Waals surface area contributed by atoms with Crippen LogP contribution >= 0.6 is 0 Å². The monoisotopic (exact) mass is 222 g/mol. The normalized spacial score (nSPS) is 23.4. The lowest BCUT2D eigenvalue weighted by molar-refractivity contribution is 0.0777. The van der Waals surface area contributed by atoms with Gasteiger partial charge in [0.2, 0.25) is 0 Å². The molecule has 2 rings (SSSR count). The Hall–Kier alpha value is -1.31. The van der Waals surface area contributed by atoms with Crippen LogP contribution in [0.5, 0.6) is 5.75 Å². The molecule has 0 unspecified atom stereocenters. The number of nitrogens with two attached hydrogens (primary N) is 1. The lowest BCUT2D eigenvalue weighted by atomic mass is 10.0. The van der Waals surface area contributed by atoms with E-state index in [4.69, 9.17) is 15.1 Å². The van der Waals surface area contributed by atoms with E-state index in [1.54, 1.807) is 6.07 Å². The Balaban J connectivity index is 2.15. The third kappa shape index (κ3) is 2.11. The molecule has 1 radical (unpaired) electrons. The minimum Gasteiger partial charge on any atom is -0.490 e. The van der Waals surface area contributed by atoms with Crippen LogP contribution in [0.2, 0.25) is 0 Å². The molecule has 4 N–H and O–H groups in total. The minimum absolute atomic E-state index is 0.274. The van der Waals surface area contributed by atoms with Crippen LogP contribution in [0.4, 0.5) is 5.69 Å². The lowest BCUT2D eigenvalue weighted by Crippen LogP contribution is -2.45. The van der Waals surface area contributed by atoms with Gasteiger partial charge in [0.05, 0.1) is 17.9 Å². The molecule has 1 aliphatic heterocycles. The molecule has 0 fully saturated rings. The van der Waals surface area contributed by atoms with Gasteiger partial charge in [0.1, 0.15) is 24.2 Å². The van der Waals surface area contributed by atoms with Gasteiger partial charge in [0, 0.05) is 13.2 Å². The van der Waals surface area contributed by atoms with Gasteiger partial charge in [-0.2, -0.15) is 0 Å². The fourth-order valence-corrected chi connectivity index (χ4v) is 1.56. The van der Waals surface area contributed by atoms with Gasteiger partial charge in [0.25, 0.3) is 0 Å². The number of aliphatic hydroxyl groups is 1. The molecule has 2 heterocycles. The fourth-order valence-electron chi connectivity index (χ4n) is 1.56. The maximum atomic E-state index is 10.0. The van der Waals surface area contributed by atoms with Gasteiger partial charge >= 0.3 is 7.62 Å². The van der Waals surface area contributed by atoms with Crippen LogP contribution < -0.4 is 15.7 Å². The molecule has 0 amide bonds. The van der Waals surface area contributed by atoms with Crippen LogP contribution in [-0.4, -0.2) is 37.5 Å². The third-order valence-corrected chi connectivity index (χ3v) is 2.38. The van der Waals surface area contributed by atoms with E-state index in [9.17, 15) is 5.11 Å². The lowest BCUT2D eigenvalue weighted by Gasteiger charge is -2.29. The van der Waals surface area contributed by atoms with Crippen molar-refractivity contribution in [1.29, 1.82) is 0 Å². The SMILES string of the molecule is CO[B]N[C@H]1COc2cc(N)cnc2[C@@H]1O. The molecular weight excluding hydrogens is 209 g/mol.